The molecule has 1 aliphatic carbocycles. The highest BCUT2D eigenvalue weighted by atomic mass is 16.3. The third-order valence-electron chi connectivity index (χ3n) is 1.86. The largest absolute Gasteiger partial charge is 0.446 e. The van der Waals surface area contributed by atoms with Crippen LogP contribution < -0.4 is 0 Å². The topological polar surface area (TPSA) is 26.0 Å². The van der Waals surface area contributed by atoms with Crippen molar-refractivity contribution in [2.45, 2.75) is 26.2 Å². The molecule has 2 nitrogen and oxygen atoms in total. The monoisotopic (exact) mass is 137 g/mol. The SMILES string of the molecule is Cc1ncc(CC2CC2)o1. The number of oxazole rings is 1. The molecule has 1 heterocycles. The van der Waals surface area contributed by atoms with Crippen LogP contribution in [-0.4, -0.2) is 4.98 Å². The van der Waals surface area contributed by atoms with E-state index in [4.69, 9.17) is 4.42 Å². The van der Waals surface area contributed by atoms with Gasteiger partial charge in [0.2, 0.25) is 0 Å². The van der Waals surface area contributed by atoms with Crippen LogP contribution >= 0.6 is 0 Å². The second kappa shape index (κ2) is 2.11. The summed E-state index contributed by atoms with van der Waals surface area (Å²) in [6.45, 7) is 1.89. The van der Waals surface area contributed by atoms with Crippen LogP contribution in [-0.2, 0) is 6.42 Å². The van der Waals surface area contributed by atoms with Crippen molar-refractivity contribution in [1.29, 1.82) is 0 Å². The summed E-state index contributed by atoms with van der Waals surface area (Å²) >= 11 is 0. The summed E-state index contributed by atoms with van der Waals surface area (Å²) < 4.78 is 5.32. The van der Waals surface area contributed by atoms with Crippen molar-refractivity contribution in [2.75, 3.05) is 0 Å². The number of aromatic nitrogens is 1. The molecule has 0 amide bonds. The minimum Gasteiger partial charge on any atom is -0.446 e. The van der Waals surface area contributed by atoms with Gasteiger partial charge in [0.05, 0.1) is 6.20 Å². The maximum atomic E-state index is 5.32. The first-order chi connectivity index (χ1) is 4.84. The Labute approximate surface area is 60.3 Å². The summed E-state index contributed by atoms with van der Waals surface area (Å²) in [7, 11) is 0. The number of hydrogen-bond donors (Lipinski definition) is 0. The second-order valence-corrected chi connectivity index (χ2v) is 2.99. The zero-order valence-corrected chi connectivity index (χ0v) is 6.13. The molecule has 0 aliphatic heterocycles. The van der Waals surface area contributed by atoms with Gasteiger partial charge in [-0.3, -0.25) is 0 Å². The number of hydrogen-bond acceptors (Lipinski definition) is 2. The molecule has 0 radical (unpaired) electrons. The molecule has 1 aromatic heterocycles. The van der Waals surface area contributed by atoms with Crippen molar-refractivity contribution >= 4 is 0 Å². The van der Waals surface area contributed by atoms with E-state index < -0.39 is 0 Å². The second-order valence-electron chi connectivity index (χ2n) is 2.99. The van der Waals surface area contributed by atoms with Gasteiger partial charge in [0, 0.05) is 13.3 Å². The third kappa shape index (κ3) is 1.20. The molecule has 0 N–H and O–H groups in total. The lowest BCUT2D eigenvalue weighted by atomic mass is 10.2. The molecule has 0 spiro atoms. The maximum absolute atomic E-state index is 5.32. The van der Waals surface area contributed by atoms with Gasteiger partial charge in [0.1, 0.15) is 5.76 Å². The third-order valence-corrected chi connectivity index (χ3v) is 1.86. The summed E-state index contributed by atoms with van der Waals surface area (Å²) in [6, 6.07) is 0. The van der Waals surface area contributed by atoms with Gasteiger partial charge < -0.3 is 4.42 Å². The van der Waals surface area contributed by atoms with Crippen LogP contribution in [0.4, 0.5) is 0 Å². The van der Waals surface area contributed by atoms with E-state index in [0.29, 0.717) is 0 Å². The van der Waals surface area contributed by atoms with E-state index in [1.165, 1.54) is 12.8 Å². The highest BCUT2D eigenvalue weighted by molar-refractivity contribution is 4.96. The lowest BCUT2D eigenvalue weighted by Crippen LogP contribution is -1.81. The molecule has 1 saturated carbocycles. The molecule has 54 valence electrons. The van der Waals surface area contributed by atoms with E-state index in [1.54, 1.807) is 0 Å². The van der Waals surface area contributed by atoms with Crippen LogP contribution in [0, 0.1) is 12.8 Å². The van der Waals surface area contributed by atoms with Crippen LogP contribution in [0.15, 0.2) is 10.6 Å². The van der Waals surface area contributed by atoms with E-state index >= 15 is 0 Å². The van der Waals surface area contributed by atoms with Crippen molar-refractivity contribution in [2.24, 2.45) is 5.92 Å². The number of aryl methyl sites for hydroxylation is 1. The van der Waals surface area contributed by atoms with E-state index in [2.05, 4.69) is 4.98 Å². The quantitative estimate of drug-likeness (QED) is 0.622. The van der Waals surface area contributed by atoms with Gasteiger partial charge in [-0.05, 0) is 18.8 Å². The Balaban J connectivity index is 2.03. The molecule has 0 atom stereocenters. The first-order valence-corrected chi connectivity index (χ1v) is 3.76. The normalized spacial score (nSPS) is 17.7. The van der Waals surface area contributed by atoms with E-state index in [9.17, 15) is 0 Å². The Kier molecular flexibility index (Phi) is 1.26. The van der Waals surface area contributed by atoms with Crippen molar-refractivity contribution in [3.63, 3.8) is 0 Å². The molecule has 2 heteroatoms. The first kappa shape index (κ1) is 5.96. The molecule has 1 aromatic rings. The fourth-order valence-electron chi connectivity index (χ4n) is 1.11. The molecular formula is C8H11NO. The average Bonchev–Trinajstić information content (AvgIpc) is 2.59. The fourth-order valence-corrected chi connectivity index (χ4v) is 1.11. The molecule has 2 rings (SSSR count). The Morgan fingerprint density at radius 1 is 1.70 bits per heavy atom. The predicted molar refractivity (Wildman–Crippen MR) is 37.7 cm³/mol. The standard InChI is InChI=1S/C8H11NO/c1-6-9-5-8(10-6)4-7-2-3-7/h5,7H,2-4H2,1H3. The smallest absolute Gasteiger partial charge is 0.191 e. The Bertz CT molecular complexity index is 225. The molecule has 0 unspecified atom stereocenters. The molecule has 0 bridgehead atoms. The number of nitrogens with zero attached hydrogens (tertiary/aromatic N) is 1. The Morgan fingerprint density at radius 2 is 2.50 bits per heavy atom. The average molecular weight is 137 g/mol. The van der Waals surface area contributed by atoms with E-state index in [-0.39, 0.29) is 0 Å². The summed E-state index contributed by atoms with van der Waals surface area (Å²) in [6.07, 6.45) is 5.69. The van der Waals surface area contributed by atoms with E-state index in [1.807, 2.05) is 13.1 Å². The van der Waals surface area contributed by atoms with Crippen LogP contribution in [0.2, 0.25) is 0 Å². The Morgan fingerprint density at radius 3 is 3.00 bits per heavy atom. The molecular weight excluding hydrogens is 126 g/mol. The minimum atomic E-state index is 0.788. The van der Waals surface area contributed by atoms with Crippen molar-refractivity contribution < 1.29 is 4.42 Å². The van der Waals surface area contributed by atoms with Crippen LogP contribution in [0.3, 0.4) is 0 Å². The molecule has 1 fully saturated rings. The lowest BCUT2D eigenvalue weighted by Gasteiger charge is -1.88. The zero-order chi connectivity index (χ0) is 6.97. The first-order valence-electron chi connectivity index (χ1n) is 3.76. The molecule has 0 saturated heterocycles. The van der Waals surface area contributed by atoms with Gasteiger partial charge in [-0.15, -0.1) is 0 Å². The summed E-state index contributed by atoms with van der Waals surface area (Å²) in [5.41, 5.74) is 0. The molecule has 10 heavy (non-hydrogen) atoms. The predicted octanol–water partition coefficient (Wildman–Crippen LogP) is 1.94. The molecule has 1 aliphatic rings. The van der Waals surface area contributed by atoms with Crippen molar-refractivity contribution in [3.8, 4) is 0 Å². The van der Waals surface area contributed by atoms with Gasteiger partial charge in [-0.1, -0.05) is 0 Å². The van der Waals surface area contributed by atoms with Gasteiger partial charge in [-0.2, -0.15) is 0 Å². The van der Waals surface area contributed by atoms with Gasteiger partial charge in [0.15, 0.2) is 5.89 Å². The summed E-state index contributed by atoms with van der Waals surface area (Å²) in [5.74, 6) is 2.74. The lowest BCUT2D eigenvalue weighted by molar-refractivity contribution is 0.466. The maximum Gasteiger partial charge on any atom is 0.191 e. The highest BCUT2D eigenvalue weighted by Gasteiger charge is 2.22. The van der Waals surface area contributed by atoms with Gasteiger partial charge in [-0.25, -0.2) is 4.98 Å². The van der Waals surface area contributed by atoms with Crippen LogP contribution in [0.5, 0.6) is 0 Å². The van der Waals surface area contributed by atoms with Crippen LogP contribution in [0.25, 0.3) is 0 Å². The summed E-state index contributed by atoms with van der Waals surface area (Å²) in [5, 5.41) is 0. The highest BCUT2D eigenvalue weighted by Crippen LogP contribution is 2.32. The van der Waals surface area contributed by atoms with Gasteiger partial charge >= 0.3 is 0 Å². The Hall–Kier alpha value is -0.790. The number of rotatable bonds is 2. The van der Waals surface area contributed by atoms with Crippen molar-refractivity contribution in [1.82, 2.24) is 4.98 Å². The van der Waals surface area contributed by atoms with Crippen LogP contribution in [0.1, 0.15) is 24.5 Å². The van der Waals surface area contributed by atoms with Crippen molar-refractivity contribution in [3.05, 3.63) is 17.8 Å². The zero-order valence-electron chi connectivity index (χ0n) is 6.13. The summed E-state index contributed by atoms with van der Waals surface area (Å²) in [4.78, 5) is 4.03. The van der Waals surface area contributed by atoms with Gasteiger partial charge in [0.25, 0.3) is 0 Å². The van der Waals surface area contributed by atoms with E-state index in [0.717, 1.165) is 24.0 Å². The fraction of sp³-hybridized carbons (Fsp3) is 0.625. The molecule has 0 aromatic carbocycles. The minimum absolute atomic E-state index is 0.788.